The SMILES string of the molecule is O/N=C/c1cc(Br)ccc1OCc1ccc(F)cc1. The first kappa shape index (κ1) is 13.5. The number of rotatable bonds is 4. The van der Waals surface area contributed by atoms with Crippen LogP contribution in [-0.4, -0.2) is 11.4 Å². The smallest absolute Gasteiger partial charge is 0.128 e. The normalized spacial score (nSPS) is 10.8. The third-order valence-corrected chi connectivity index (χ3v) is 2.97. The van der Waals surface area contributed by atoms with Crippen LogP contribution < -0.4 is 4.74 Å². The summed E-state index contributed by atoms with van der Waals surface area (Å²) in [5.41, 5.74) is 1.51. The van der Waals surface area contributed by atoms with Gasteiger partial charge in [-0.3, -0.25) is 0 Å². The van der Waals surface area contributed by atoms with E-state index in [4.69, 9.17) is 9.94 Å². The lowest BCUT2D eigenvalue weighted by atomic mass is 10.2. The molecule has 0 unspecified atom stereocenters. The maximum atomic E-state index is 12.8. The summed E-state index contributed by atoms with van der Waals surface area (Å²) in [5.74, 6) is 0.311. The molecule has 0 fully saturated rings. The molecule has 5 heteroatoms. The number of hydrogen-bond acceptors (Lipinski definition) is 3. The fraction of sp³-hybridized carbons (Fsp3) is 0.0714. The summed E-state index contributed by atoms with van der Waals surface area (Å²) >= 11 is 3.33. The molecule has 0 aromatic heterocycles. The number of hydrogen-bond donors (Lipinski definition) is 1. The number of oxime groups is 1. The molecule has 0 aliphatic rings. The highest BCUT2D eigenvalue weighted by Crippen LogP contribution is 2.22. The van der Waals surface area contributed by atoms with Gasteiger partial charge >= 0.3 is 0 Å². The van der Waals surface area contributed by atoms with Crippen LogP contribution in [0.2, 0.25) is 0 Å². The zero-order valence-electron chi connectivity index (χ0n) is 9.88. The van der Waals surface area contributed by atoms with Gasteiger partial charge < -0.3 is 9.94 Å². The van der Waals surface area contributed by atoms with Gasteiger partial charge in [0.2, 0.25) is 0 Å². The van der Waals surface area contributed by atoms with Crippen molar-refractivity contribution < 1.29 is 14.3 Å². The number of ether oxygens (including phenoxy) is 1. The molecule has 0 atom stereocenters. The van der Waals surface area contributed by atoms with E-state index in [9.17, 15) is 4.39 Å². The van der Waals surface area contributed by atoms with Crippen molar-refractivity contribution in [1.29, 1.82) is 0 Å². The molecular weight excluding hydrogens is 313 g/mol. The van der Waals surface area contributed by atoms with Crippen molar-refractivity contribution in [3.05, 3.63) is 63.9 Å². The van der Waals surface area contributed by atoms with E-state index >= 15 is 0 Å². The van der Waals surface area contributed by atoms with Crippen LogP contribution in [0.5, 0.6) is 5.75 Å². The van der Waals surface area contributed by atoms with Crippen molar-refractivity contribution in [3.8, 4) is 5.75 Å². The van der Waals surface area contributed by atoms with Crippen LogP contribution in [-0.2, 0) is 6.61 Å². The molecule has 2 rings (SSSR count). The summed E-state index contributed by atoms with van der Waals surface area (Å²) in [6.45, 7) is 0.314. The number of benzene rings is 2. The molecule has 1 N–H and O–H groups in total. The van der Waals surface area contributed by atoms with Crippen molar-refractivity contribution in [1.82, 2.24) is 0 Å². The molecule has 0 heterocycles. The fourth-order valence-corrected chi connectivity index (χ4v) is 1.93. The average molecular weight is 324 g/mol. The molecule has 0 aliphatic carbocycles. The van der Waals surface area contributed by atoms with Crippen LogP contribution in [0.25, 0.3) is 0 Å². The third kappa shape index (κ3) is 3.79. The van der Waals surface area contributed by atoms with Crippen molar-refractivity contribution in [2.24, 2.45) is 5.16 Å². The van der Waals surface area contributed by atoms with Gasteiger partial charge in [-0.1, -0.05) is 33.2 Å². The van der Waals surface area contributed by atoms with E-state index in [1.165, 1.54) is 18.3 Å². The predicted molar refractivity (Wildman–Crippen MR) is 74.3 cm³/mol. The quantitative estimate of drug-likeness (QED) is 0.525. The molecule has 2 aromatic carbocycles. The van der Waals surface area contributed by atoms with Crippen molar-refractivity contribution in [2.45, 2.75) is 6.61 Å². The monoisotopic (exact) mass is 323 g/mol. The summed E-state index contributed by atoms with van der Waals surface area (Å²) in [4.78, 5) is 0. The van der Waals surface area contributed by atoms with E-state index in [0.29, 0.717) is 17.9 Å². The molecule has 0 aliphatic heterocycles. The topological polar surface area (TPSA) is 41.8 Å². The first-order valence-electron chi connectivity index (χ1n) is 5.53. The Balaban J connectivity index is 2.12. The van der Waals surface area contributed by atoms with E-state index < -0.39 is 0 Å². The van der Waals surface area contributed by atoms with Crippen LogP contribution >= 0.6 is 15.9 Å². The predicted octanol–water partition coefficient (Wildman–Crippen LogP) is 3.98. The second kappa shape index (κ2) is 6.33. The van der Waals surface area contributed by atoms with E-state index in [-0.39, 0.29) is 5.82 Å². The maximum Gasteiger partial charge on any atom is 0.128 e. The summed E-state index contributed by atoms with van der Waals surface area (Å²) in [7, 11) is 0. The summed E-state index contributed by atoms with van der Waals surface area (Å²) in [6.07, 6.45) is 1.30. The second-order valence-corrected chi connectivity index (χ2v) is 4.76. The van der Waals surface area contributed by atoms with Gasteiger partial charge in [-0.15, -0.1) is 0 Å². The minimum absolute atomic E-state index is 0.277. The van der Waals surface area contributed by atoms with Crippen molar-refractivity contribution in [3.63, 3.8) is 0 Å². The van der Waals surface area contributed by atoms with Crippen LogP contribution in [0.15, 0.2) is 52.1 Å². The fourth-order valence-electron chi connectivity index (χ4n) is 1.56. The van der Waals surface area contributed by atoms with E-state index in [0.717, 1.165) is 10.0 Å². The Morgan fingerprint density at radius 2 is 1.95 bits per heavy atom. The minimum Gasteiger partial charge on any atom is -0.488 e. The Morgan fingerprint density at radius 3 is 2.63 bits per heavy atom. The lowest BCUT2D eigenvalue weighted by molar-refractivity contribution is 0.304. The Bertz CT molecular complexity index is 584. The summed E-state index contributed by atoms with van der Waals surface area (Å²) in [6, 6.07) is 11.5. The van der Waals surface area contributed by atoms with Gasteiger partial charge in [-0.2, -0.15) is 0 Å². The van der Waals surface area contributed by atoms with Gasteiger partial charge in [0.1, 0.15) is 18.2 Å². The zero-order chi connectivity index (χ0) is 13.7. The van der Waals surface area contributed by atoms with Gasteiger partial charge in [-0.25, -0.2) is 4.39 Å². The lowest BCUT2D eigenvalue weighted by Gasteiger charge is -2.09. The van der Waals surface area contributed by atoms with Crippen molar-refractivity contribution in [2.75, 3.05) is 0 Å². The molecular formula is C14H11BrFNO2. The molecule has 2 aromatic rings. The lowest BCUT2D eigenvalue weighted by Crippen LogP contribution is -1.98. The third-order valence-electron chi connectivity index (χ3n) is 2.48. The Morgan fingerprint density at radius 1 is 1.21 bits per heavy atom. The van der Waals surface area contributed by atoms with Gasteiger partial charge in [0.25, 0.3) is 0 Å². The zero-order valence-corrected chi connectivity index (χ0v) is 11.5. The molecule has 0 saturated carbocycles. The van der Waals surface area contributed by atoms with Crippen LogP contribution in [0.4, 0.5) is 4.39 Å². The Hall–Kier alpha value is -1.88. The molecule has 0 saturated heterocycles. The van der Waals surface area contributed by atoms with E-state index in [1.807, 2.05) is 6.07 Å². The van der Waals surface area contributed by atoms with E-state index in [2.05, 4.69) is 21.1 Å². The van der Waals surface area contributed by atoms with Gasteiger partial charge in [0.05, 0.1) is 6.21 Å². The average Bonchev–Trinajstić information content (AvgIpc) is 2.40. The molecule has 3 nitrogen and oxygen atoms in total. The van der Waals surface area contributed by atoms with E-state index in [1.54, 1.807) is 24.3 Å². The molecule has 0 amide bonds. The van der Waals surface area contributed by atoms with Gasteiger partial charge in [0, 0.05) is 10.0 Å². The minimum atomic E-state index is -0.277. The molecule has 0 spiro atoms. The highest BCUT2D eigenvalue weighted by molar-refractivity contribution is 9.10. The van der Waals surface area contributed by atoms with Gasteiger partial charge in [0.15, 0.2) is 0 Å². The van der Waals surface area contributed by atoms with Crippen molar-refractivity contribution >= 4 is 22.1 Å². The van der Waals surface area contributed by atoms with Crippen LogP contribution in [0.1, 0.15) is 11.1 Å². The summed E-state index contributed by atoms with van der Waals surface area (Å²) < 4.78 is 19.3. The van der Waals surface area contributed by atoms with Crippen LogP contribution in [0, 0.1) is 5.82 Å². The molecule has 19 heavy (non-hydrogen) atoms. The molecule has 0 radical (unpaired) electrons. The first-order valence-corrected chi connectivity index (χ1v) is 6.32. The Kier molecular flexibility index (Phi) is 4.52. The number of nitrogens with zero attached hydrogens (tertiary/aromatic N) is 1. The second-order valence-electron chi connectivity index (χ2n) is 3.84. The Labute approximate surface area is 118 Å². The highest BCUT2D eigenvalue weighted by atomic mass is 79.9. The van der Waals surface area contributed by atoms with Gasteiger partial charge in [-0.05, 0) is 35.9 Å². The molecule has 98 valence electrons. The number of halogens is 2. The molecule has 0 bridgehead atoms. The first-order chi connectivity index (χ1) is 9.19. The highest BCUT2D eigenvalue weighted by Gasteiger charge is 2.03. The maximum absolute atomic E-state index is 12.8. The standard InChI is InChI=1S/C14H11BrFNO2/c15-12-3-6-14(11(7-12)8-17-18)19-9-10-1-4-13(16)5-2-10/h1-8,18H,9H2/b17-8+. The largest absolute Gasteiger partial charge is 0.488 e. The van der Waals surface area contributed by atoms with Crippen LogP contribution in [0.3, 0.4) is 0 Å². The summed E-state index contributed by atoms with van der Waals surface area (Å²) in [5, 5.41) is 11.6.